The Morgan fingerprint density at radius 1 is 1.22 bits per heavy atom. The van der Waals surface area contributed by atoms with Gasteiger partial charge >= 0.3 is 0 Å². The van der Waals surface area contributed by atoms with Crippen molar-refractivity contribution in [2.75, 3.05) is 13.1 Å². The first-order valence-corrected chi connectivity index (χ1v) is 8.34. The Kier molecular flexibility index (Phi) is 3.33. The molecule has 0 saturated heterocycles. The summed E-state index contributed by atoms with van der Waals surface area (Å²) in [6.07, 6.45) is 3.72. The highest BCUT2D eigenvalue weighted by atomic mass is 16.2. The predicted octanol–water partition coefficient (Wildman–Crippen LogP) is 3.41. The van der Waals surface area contributed by atoms with Crippen LogP contribution in [-0.2, 0) is 13.0 Å². The molecule has 0 aliphatic carbocycles. The Balaban J connectivity index is 1.87. The minimum Gasteiger partial charge on any atom is -0.337 e. The number of aromatic nitrogens is 1. The van der Waals surface area contributed by atoms with Gasteiger partial charge < -0.3 is 9.47 Å². The summed E-state index contributed by atoms with van der Waals surface area (Å²) in [5.41, 5.74) is 5.49. The summed E-state index contributed by atoms with van der Waals surface area (Å²) in [4.78, 5) is 19.5. The number of nitrogens with zero attached hydrogens (tertiary/aromatic N) is 3. The fraction of sp³-hybridized carbons (Fsp3) is 0.368. The number of amides is 1. The van der Waals surface area contributed by atoms with Crippen molar-refractivity contribution >= 4 is 23.0 Å². The van der Waals surface area contributed by atoms with E-state index in [1.165, 1.54) is 22.0 Å². The minimum absolute atomic E-state index is 0.118. The third-order valence-corrected chi connectivity index (χ3v) is 4.98. The number of carbonyl (C=O) groups excluding carboxylic acids is 1. The van der Waals surface area contributed by atoms with Crippen molar-refractivity contribution in [2.24, 2.45) is 4.99 Å². The first-order chi connectivity index (χ1) is 11.2. The highest BCUT2D eigenvalue weighted by Crippen LogP contribution is 2.32. The molecule has 0 saturated carbocycles. The normalized spacial score (nSPS) is 18.0. The van der Waals surface area contributed by atoms with Crippen LogP contribution >= 0.6 is 0 Å². The van der Waals surface area contributed by atoms with Crippen LogP contribution in [0.2, 0.25) is 0 Å². The molecule has 1 amide bonds. The molecule has 4 nitrogen and oxygen atoms in total. The van der Waals surface area contributed by atoms with Crippen molar-refractivity contribution in [3.05, 3.63) is 46.8 Å². The average Bonchev–Trinajstić information content (AvgIpc) is 2.91. The van der Waals surface area contributed by atoms with E-state index in [-0.39, 0.29) is 5.91 Å². The number of aryl methyl sites for hydroxylation is 1. The van der Waals surface area contributed by atoms with Gasteiger partial charge in [-0.05, 0) is 43.9 Å². The Bertz CT molecular complexity index is 824. The summed E-state index contributed by atoms with van der Waals surface area (Å²) in [5, 5.41) is 1.22. The Hall–Kier alpha value is -2.36. The molecule has 0 bridgehead atoms. The van der Waals surface area contributed by atoms with Gasteiger partial charge in [0.1, 0.15) is 5.69 Å². The van der Waals surface area contributed by atoms with E-state index in [1.807, 2.05) is 17.2 Å². The summed E-state index contributed by atoms with van der Waals surface area (Å²) in [6.45, 7) is 6.59. The topological polar surface area (TPSA) is 37.6 Å². The lowest BCUT2D eigenvalue weighted by atomic mass is 10.0. The standard InChI is InChI=1S/C19H21N3O/c1-3-21-16-7-5-4-6-14(16)15-9-11-22(19(23)18(15)21)17-12-20-10-8-13(17)2/h4-7,12H,3,8-11H2,1-2H3. The molecular formula is C19H21N3O. The molecule has 4 rings (SSSR count). The molecule has 3 heterocycles. The van der Waals surface area contributed by atoms with Crippen molar-refractivity contribution in [3.8, 4) is 0 Å². The van der Waals surface area contributed by atoms with Crippen LogP contribution in [0.25, 0.3) is 10.9 Å². The first-order valence-electron chi connectivity index (χ1n) is 8.34. The van der Waals surface area contributed by atoms with Crippen LogP contribution in [0.4, 0.5) is 0 Å². The van der Waals surface area contributed by atoms with Crippen LogP contribution in [-0.4, -0.2) is 34.7 Å². The number of allylic oxidation sites excluding steroid dienone is 1. The first kappa shape index (κ1) is 14.2. The molecule has 2 aliphatic heterocycles. The smallest absolute Gasteiger partial charge is 0.275 e. The molecule has 0 fully saturated rings. The summed E-state index contributed by atoms with van der Waals surface area (Å²) >= 11 is 0. The SMILES string of the molecule is CCn1c2c(c3ccccc31)CCN(C1=C(C)CCN=C1)C2=O. The fourth-order valence-corrected chi connectivity index (χ4v) is 3.81. The highest BCUT2D eigenvalue weighted by molar-refractivity contribution is 6.05. The Morgan fingerprint density at radius 2 is 2.04 bits per heavy atom. The molecule has 0 unspecified atom stereocenters. The van der Waals surface area contributed by atoms with Crippen molar-refractivity contribution in [3.63, 3.8) is 0 Å². The van der Waals surface area contributed by atoms with Crippen LogP contribution in [0.1, 0.15) is 36.3 Å². The summed E-state index contributed by atoms with van der Waals surface area (Å²) in [6, 6.07) is 8.35. The van der Waals surface area contributed by atoms with Gasteiger partial charge in [0.05, 0.1) is 5.70 Å². The molecule has 0 atom stereocenters. The van der Waals surface area contributed by atoms with E-state index in [2.05, 4.69) is 41.6 Å². The monoisotopic (exact) mass is 307 g/mol. The van der Waals surface area contributed by atoms with E-state index in [9.17, 15) is 4.79 Å². The lowest BCUT2D eigenvalue weighted by Crippen LogP contribution is -2.39. The van der Waals surface area contributed by atoms with Gasteiger partial charge in [-0.15, -0.1) is 0 Å². The second-order valence-electron chi connectivity index (χ2n) is 6.25. The van der Waals surface area contributed by atoms with Crippen LogP contribution in [0.5, 0.6) is 0 Å². The van der Waals surface area contributed by atoms with Gasteiger partial charge in [0.15, 0.2) is 0 Å². The van der Waals surface area contributed by atoms with E-state index < -0.39 is 0 Å². The van der Waals surface area contributed by atoms with Gasteiger partial charge in [-0.2, -0.15) is 0 Å². The number of rotatable bonds is 2. The maximum atomic E-state index is 13.2. The zero-order valence-electron chi connectivity index (χ0n) is 13.7. The van der Waals surface area contributed by atoms with Gasteiger partial charge in [-0.1, -0.05) is 18.2 Å². The lowest BCUT2D eigenvalue weighted by molar-refractivity contribution is 0.0788. The van der Waals surface area contributed by atoms with E-state index in [0.717, 1.165) is 43.9 Å². The average molecular weight is 307 g/mol. The number of hydrogen-bond donors (Lipinski definition) is 0. The predicted molar refractivity (Wildman–Crippen MR) is 93.0 cm³/mol. The molecule has 4 heteroatoms. The van der Waals surface area contributed by atoms with E-state index in [1.54, 1.807) is 0 Å². The highest BCUT2D eigenvalue weighted by Gasteiger charge is 2.32. The summed E-state index contributed by atoms with van der Waals surface area (Å²) in [7, 11) is 0. The molecule has 0 radical (unpaired) electrons. The number of fused-ring (bicyclic) bond motifs is 3. The third kappa shape index (κ3) is 2.05. The maximum absolute atomic E-state index is 13.2. The second kappa shape index (κ2) is 5.37. The largest absolute Gasteiger partial charge is 0.337 e. The molecular weight excluding hydrogens is 286 g/mol. The van der Waals surface area contributed by atoms with Crippen molar-refractivity contribution in [1.82, 2.24) is 9.47 Å². The number of aliphatic imine (C=N–C) groups is 1. The summed E-state index contributed by atoms with van der Waals surface area (Å²) < 4.78 is 2.16. The van der Waals surface area contributed by atoms with Gasteiger partial charge in [-0.25, -0.2) is 0 Å². The molecule has 0 spiro atoms. The van der Waals surface area contributed by atoms with Gasteiger partial charge in [0, 0.05) is 36.8 Å². The van der Waals surface area contributed by atoms with Crippen LogP contribution in [0, 0.1) is 0 Å². The number of hydrogen-bond acceptors (Lipinski definition) is 2. The molecule has 1 aromatic carbocycles. The molecule has 118 valence electrons. The van der Waals surface area contributed by atoms with Crippen LogP contribution < -0.4 is 0 Å². The molecule has 23 heavy (non-hydrogen) atoms. The lowest BCUT2D eigenvalue weighted by Gasteiger charge is -2.31. The maximum Gasteiger partial charge on any atom is 0.275 e. The Morgan fingerprint density at radius 3 is 2.83 bits per heavy atom. The number of dihydropyridines is 1. The van der Waals surface area contributed by atoms with Crippen LogP contribution in [0.15, 0.2) is 40.5 Å². The molecule has 2 aromatic rings. The van der Waals surface area contributed by atoms with E-state index >= 15 is 0 Å². The zero-order valence-corrected chi connectivity index (χ0v) is 13.7. The number of carbonyl (C=O) groups is 1. The summed E-state index contributed by atoms with van der Waals surface area (Å²) in [5.74, 6) is 0.118. The molecule has 1 aromatic heterocycles. The minimum atomic E-state index is 0.118. The van der Waals surface area contributed by atoms with E-state index in [4.69, 9.17) is 0 Å². The van der Waals surface area contributed by atoms with Gasteiger partial charge in [0.2, 0.25) is 0 Å². The second-order valence-corrected chi connectivity index (χ2v) is 6.25. The third-order valence-electron chi connectivity index (χ3n) is 4.98. The number of para-hydroxylation sites is 1. The van der Waals surface area contributed by atoms with E-state index in [0.29, 0.717) is 0 Å². The van der Waals surface area contributed by atoms with Crippen molar-refractivity contribution < 1.29 is 4.79 Å². The quantitative estimate of drug-likeness (QED) is 0.838. The van der Waals surface area contributed by atoms with Crippen molar-refractivity contribution in [1.29, 1.82) is 0 Å². The molecule has 2 aliphatic rings. The number of benzene rings is 1. The fourth-order valence-electron chi connectivity index (χ4n) is 3.81. The Labute approximate surface area is 136 Å². The van der Waals surface area contributed by atoms with Gasteiger partial charge in [0.25, 0.3) is 5.91 Å². The van der Waals surface area contributed by atoms with Crippen LogP contribution in [0.3, 0.4) is 0 Å². The van der Waals surface area contributed by atoms with Gasteiger partial charge in [-0.3, -0.25) is 9.79 Å². The molecule has 0 N–H and O–H groups in total. The van der Waals surface area contributed by atoms with Crippen molar-refractivity contribution in [2.45, 2.75) is 33.2 Å². The zero-order chi connectivity index (χ0) is 16.0.